The molecular formula is C20H22FN5O2. The van der Waals surface area contributed by atoms with Crippen LogP contribution in [0.3, 0.4) is 0 Å². The minimum atomic E-state index is -0.289. The maximum absolute atomic E-state index is 13.1. The summed E-state index contributed by atoms with van der Waals surface area (Å²) < 4.78 is 20.3. The summed E-state index contributed by atoms with van der Waals surface area (Å²) in [7, 11) is 0. The Hall–Kier alpha value is -3.00. The Balaban J connectivity index is 1.41. The maximum Gasteiger partial charge on any atom is 0.287 e. The van der Waals surface area contributed by atoms with Crippen LogP contribution in [0.4, 0.5) is 4.39 Å². The largest absolute Gasteiger partial charge is 0.459 e. The number of nitrogens with one attached hydrogen (secondary N) is 1. The summed E-state index contributed by atoms with van der Waals surface area (Å²) in [5, 5.41) is 11.5. The van der Waals surface area contributed by atoms with Gasteiger partial charge in [0.05, 0.1) is 12.3 Å². The Kier molecular flexibility index (Phi) is 5.21. The van der Waals surface area contributed by atoms with Crippen molar-refractivity contribution in [2.24, 2.45) is 0 Å². The van der Waals surface area contributed by atoms with E-state index in [1.807, 2.05) is 19.1 Å². The predicted molar refractivity (Wildman–Crippen MR) is 100.0 cm³/mol. The summed E-state index contributed by atoms with van der Waals surface area (Å²) in [5.41, 5.74) is 1.08. The molecule has 1 unspecified atom stereocenters. The first-order chi connectivity index (χ1) is 13.6. The number of nitrogens with zero attached hydrogens (tertiary/aromatic N) is 4. The van der Waals surface area contributed by atoms with Gasteiger partial charge in [0.25, 0.3) is 5.91 Å². The van der Waals surface area contributed by atoms with Crippen LogP contribution in [0.15, 0.2) is 47.1 Å². The number of amides is 1. The summed E-state index contributed by atoms with van der Waals surface area (Å²) in [4.78, 5) is 14.5. The number of hydrogen-bond donors (Lipinski definition) is 1. The van der Waals surface area contributed by atoms with Crippen LogP contribution in [-0.4, -0.2) is 38.7 Å². The average Bonchev–Trinajstić information content (AvgIpc) is 3.32. The Morgan fingerprint density at radius 3 is 2.79 bits per heavy atom. The fourth-order valence-corrected chi connectivity index (χ4v) is 3.46. The molecule has 0 aliphatic carbocycles. The van der Waals surface area contributed by atoms with E-state index in [1.54, 1.807) is 12.1 Å². The fraction of sp³-hybridized carbons (Fsp3) is 0.350. The zero-order chi connectivity index (χ0) is 19.5. The molecule has 1 N–H and O–H groups in total. The molecule has 2 aromatic heterocycles. The summed E-state index contributed by atoms with van der Waals surface area (Å²) in [6, 6.07) is 9.63. The minimum Gasteiger partial charge on any atom is -0.459 e. The van der Waals surface area contributed by atoms with Gasteiger partial charge in [-0.15, -0.1) is 10.2 Å². The van der Waals surface area contributed by atoms with Gasteiger partial charge in [-0.2, -0.15) is 0 Å². The predicted octanol–water partition coefficient (Wildman–Crippen LogP) is 2.56. The molecule has 3 heterocycles. The third-order valence-corrected chi connectivity index (χ3v) is 4.95. The van der Waals surface area contributed by atoms with E-state index in [0.717, 1.165) is 49.8 Å². The molecule has 146 valence electrons. The molecule has 1 aliphatic rings. The van der Waals surface area contributed by atoms with Crippen molar-refractivity contribution >= 4 is 5.91 Å². The van der Waals surface area contributed by atoms with Gasteiger partial charge in [-0.1, -0.05) is 12.1 Å². The SMILES string of the molecule is CC(NC(=O)c1ccco1)c1nnc2n1CCN(Cc1ccc(F)cc1)CC2. The molecular weight excluding hydrogens is 361 g/mol. The second-order valence-corrected chi connectivity index (χ2v) is 6.95. The molecule has 8 heteroatoms. The van der Waals surface area contributed by atoms with Gasteiger partial charge in [0, 0.05) is 32.6 Å². The maximum atomic E-state index is 13.1. The van der Waals surface area contributed by atoms with Crippen molar-refractivity contribution in [1.82, 2.24) is 25.0 Å². The first-order valence-corrected chi connectivity index (χ1v) is 9.33. The third kappa shape index (κ3) is 3.96. The molecule has 0 saturated heterocycles. The quantitative estimate of drug-likeness (QED) is 0.733. The van der Waals surface area contributed by atoms with Crippen molar-refractivity contribution in [3.63, 3.8) is 0 Å². The molecule has 1 atom stereocenters. The lowest BCUT2D eigenvalue weighted by atomic mass is 10.2. The topological polar surface area (TPSA) is 76.2 Å². The molecule has 7 nitrogen and oxygen atoms in total. The smallest absolute Gasteiger partial charge is 0.287 e. The third-order valence-electron chi connectivity index (χ3n) is 4.95. The van der Waals surface area contributed by atoms with Gasteiger partial charge in [-0.05, 0) is 36.8 Å². The van der Waals surface area contributed by atoms with Crippen molar-refractivity contribution in [2.45, 2.75) is 32.5 Å². The number of hydrogen-bond acceptors (Lipinski definition) is 5. The number of halogens is 1. The van der Waals surface area contributed by atoms with Crippen molar-refractivity contribution in [2.75, 3.05) is 13.1 Å². The molecule has 28 heavy (non-hydrogen) atoms. The van der Waals surface area contributed by atoms with E-state index in [-0.39, 0.29) is 23.5 Å². The highest BCUT2D eigenvalue weighted by atomic mass is 19.1. The highest BCUT2D eigenvalue weighted by molar-refractivity contribution is 5.91. The van der Waals surface area contributed by atoms with Crippen molar-refractivity contribution in [3.05, 3.63) is 71.5 Å². The average molecular weight is 383 g/mol. The van der Waals surface area contributed by atoms with E-state index >= 15 is 0 Å². The van der Waals surface area contributed by atoms with E-state index in [1.165, 1.54) is 18.4 Å². The van der Waals surface area contributed by atoms with E-state index < -0.39 is 0 Å². The second kappa shape index (κ2) is 7.93. The lowest BCUT2D eigenvalue weighted by Gasteiger charge is -2.20. The summed E-state index contributed by atoms with van der Waals surface area (Å²) in [6.07, 6.45) is 2.24. The van der Waals surface area contributed by atoms with Crippen molar-refractivity contribution in [3.8, 4) is 0 Å². The zero-order valence-corrected chi connectivity index (χ0v) is 15.6. The van der Waals surface area contributed by atoms with Crippen LogP contribution in [0.1, 0.15) is 40.7 Å². The summed E-state index contributed by atoms with van der Waals surface area (Å²) >= 11 is 0. The molecule has 1 aliphatic heterocycles. The number of furan rings is 1. The van der Waals surface area contributed by atoms with Gasteiger partial charge in [0.2, 0.25) is 0 Å². The van der Waals surface area contributed by atoms with Crippen LogP contribution < -0.4 is 5.32 Å². The first kappa shape index (κ1) is 18.4. The van der Waals surface area contributed by atoms with Gasteiger partial charge in [-0.25, -0.2) is 4.39 Å². The lowest BCUT2D eigenvalue weighted by Crippen LogP contribution is -2.30. The zero-order valence-electron chi connectivity index (χ0n) is 15.6. The summed E-state index contributed by atoms with van der Waals surface area (Å²) in [5.74, 6) is 1.42. The van der Waals surface area contributed by atoms with Crippen LogP contribution in [-0.2, 0) is 19.5 Å². The van der Waals surface area contributed by atoms with Gasteiger partial charge < -0.3 is 14.3 Å². The van der Waals surface area contributed by atoms with Crippen LogP contribution in [0.2, 0.25) is 0 Å². The second-order valence-electron chi connectivity index (χ2n) is 6.95. The van der Waals surface area contributed by atoms with Gasteiger partial charge in [0.1, 0.15) is 11.6 Å². The molecule has 0 spiro atoms. The number of carbonyl (C=O) groups is 1. The number of carbonyl (C=O) groups excluding carboxylic acids is 1. The normalized spacial score (nSPS) is 15.6. The molecule has 4 rings (SSSR count). The Morgan fingerprint density at radius 1 is 1.21 bits per heavy atom. The van der Waals surface area contributed by atoms with Crippen LogP contribution in [0.5, 0.6) is 0 Å². The van der Waals surface area contributed by atoms with Gasteiger partial charge in [0.15, 0.2) is 11.6 Å². The Morgan fingerprint density at radius 2 is 2.04 bits per heavy atom. The highest BCUT2D eigenvalue weighted by Gasteiger charge is 2.23. The van der Waals surface area contributed by atoms with E-state index in [0.29, 0.717) is 0 Å². The van der Waals surface area contributed by atoms with E-state index in [2.05, 4.69) is 25.0 Å². The lowest BCUT2D eigenvalue weighted by molar-refractivity contribution is 0.0909. The van der Waals surface area contributed by atoms with Crippen molar-refractivity contribution < 1.29 is 13.6 Å². The molecule has 1 aromatic carbocycles. The van der Waals surface area contributed by atoms with Gasteiger partial charge in [-0.3, -0.25) is 9.69 Å². The molecule has 3 aromatic rings. The first-order valence-electron chi connectivity index (χ1n) is 9.33. The van der Waals surface area contributed by atoms with E-state index in [9.17, 15) is 9.18 Å². The van der Waals surface area contributed by atoms with Crippen LogP contribution >= 0.6 is 0 Å². The van der Waals surface area contributed by atoms with Crippen LogP contribution in [0, 0.1) is 5.82 Å². The number of fused-ring (bicyclic) bond motifs is 1. The summed E-state index contributed by atoms with van der Waals surface area (Å²) in [6.45, 7) is 5.06. The standard InChI is InChI=1S/C20H22FN5O2/c1-14(22-20(27)17-3-2-12-28-17)19-24-23-18-8-9-25(10-11-26(18)19)13-15-4-6-16(21)7-5-15/h2-7,12,14H,8-11,13H2,1H3,(H,22,27). The van der Waals surface area contributed by atoms with Gasteiger partial charge >= 0.3 is 0 Å². The molecule has 0 bridgehead atoms. The molecule has 1 amide bonds. The van der Waals surface area contributed by atoms with Crippen LogP contribution in [0.25, 0.3) is 0 Å². The Labute approximate surface area is 162 Å². The fourth-order valence-electron chi connectivity index (χ4n) is 3.46. The number of benzene rings is 1. The molecule has 0 radical (unpaired) electrons. The number of aromatic nitrogens is 3. The number of rotatable bonds is 5. The van der Waals surface area contributed by atoms with E-state index in [4.69, 9.17) is 4.42 Å². The monoisotopic (exact) mass is 383 g/mol. The molecule has 0 saturated carbocycles. The highest BCUT2D eigenvalue weighted by Crippen LogP contribution is 2.17. The Bertz CT molecular complexity index is 936. The minimum absolute atomic E-state index is 0.221. The molecule has 0 fully saturated rings. The van der Waals surface area contributed by atoms with Crippen molar-refractivity contribution in [1.29, 1.82) is 0 Å².